The number of rotatable bonds is 3. The average molecular weight is 300 g/mol. The van der Waals surface area contributed by atoms with Gasteiger partial charge in [0.2, 0.25) is 4.96 Å². The van der Waals surface area contributed by atoms with Crippen LogP contribution in [0.15, 0.2) is 42.7 Å². The van der Waals surface area contributed by atoms with Crippen molar-refractivity contribution in [3.8, 4) is 11.4 Å². The number of halogens is 1. The molecule has 0 aliphatic heterocycles. The van der Waals surface area contributed by atoms with E-state index in [2.05, 4.69) is 20.4 Å². The highest BCUT2D eigenvalue weighted by atomic mass is 32.1. The van der Waals surface area contributed by atoms with Gasteiger partial charge in [0.1, 0.15) is 10.8 Å². The van der Waals surface area contributed by atoms with Crippen LogP contribution in [0.4, 0.5) is 4.39 Å². The Bertz CT molecular complexity index is 895. The fourth-order valence-corrected chi connectivity index (χ4v) is 2.89. The molecule has 4 rings (SSSR count). The van der Waals surface area contributed by atoms with Crippen molar-refractivity contribution in [2.45, 2.75) is 6.54 Å². The van der Waals surface area contributed by atoms with Crippen molar-refractivity contribution in [3.63, 3.8) is 0 Å². The van der Waals surface area contributed by atoms with Crippen LogP contribution in [0.3, 0.4) is 0 Å². The van der Waals surface area contributed by atoms with Gasteiger partial charge >= 0.3 is 0 Å². The molecule has 0 atom stereocenters. The minimum Gasteiger partial charge on any atom is -0.266 e. The maximum atomic E-state index is 13.3. The Labute approximate surface area is 122 Å². The molecule has 0 amide bonds. The molecule has 0 N–H and O–H groups in total. The summed E-state index contributed by atoms with van der Waals surface area (Å²) < 4.78 is 16.8. The summed E-state index contributed by atoms with van der Waals surface area (Å²) in [6.07, 6.45) is 3.59. The maximum absolute atomic E-state index is 13.3. The predicted octanol–water partition coefficient (Wildman–Crippen LogP) is 2.24. The summed E-state index contributed by atoms with van der Waals surface area (Å²) in [5, 5.41) is 17.7. The van der Waals surface area contributed by atoms with Gasteiger partial charge < -0.3 is 0 Å². The van der Waals surface area contributed by atoms with Gasteiger partial charge in [0, 0.05) is 18.0 Å². The van der Waals surface area contributed by atoms with Gasteiger partial charge in [-0.3, -0.25) is 4.68 Å². The first-order valence-electron chi connectivity index (χ1n) is 6.24. The standard InChI is InChI=1S/C13H9FN6S/c14-10-4-1-3-9(7-10)12-16-17-13-20(12)18-11(21-13)8-19-6-2-5-15-19/h1-7H,8H2. The highest BCUT2D eigenvalue weighted by Crippen LogP contribution is 2.22. The molecule has 8 heteroatoms. The first-order valence-corrected chi connectivity index (χ1v) is 7.06. The zero-order valence-electron chi connectivity index (χ0n) is 10.7. The van der Waals surface area contributed by atoms with Crippen LogP contribution in [0.5, 0.6) is 0 Å². The third-order valence-electron chi connectivity index (χ3n) is 2.97. The molecule has 6 nitrogen and oxygen atoms in total. The number of hydrogen-bond donors (Lipinski definition) is 0. The van der Waals surface area contributed by atoms with Crippen molar-refractivity contribution in [1.82, 2.24) is 29.6 Å². The number of hydrogen-bond acceptors (Lipinski definition) is 5. The van der Waals surface area contributed by atoms with Gasteiger partial charge in [-0.05, 0) is 18.2 Å². The normalized spacial score (nSPS) is 11.3. The molecular formula is C13H9FN6S. The van der Waals surface area contributed by atoms with E-state index in [0.717, 1.165) is 5.01 Å². The van der Waals surface area contributed by atoms with Crippen LogP contribution in [-0.4, -0.2) is 29.6 Å². The fourth-order valence-electron chi connectivity index (χ4n) is 2.06. The Kier molecular flexibility index (Phi) is 2.74. The van der Waals surface area contributed by atoms with Crippen molar-refractivity contribution in [3.05, 3.63) is 53.6 Å². The number of fused-ring (bicyclic) bond motifs is 1. The summed E-state index contributed by atoms with van der Waals surface area (Å²) in [5.41, 5.74) is 0.651. The molecule has 0 radical (unpaired) electrons. The molecule has 0 aliphatic carbocycles. The zero-order valence-corrected chi connectivity index (χ0v) is 11.5. The van der Waals surface area contributed by atoms with Crippen LogP contribution < -0.4 is 0 Å². The molecule has 3 aromatic heterocycles. The Hall–Kier alpha value is -2.61. The van der Waals surface area contributed by atoms with Crippen molar-refractivity contribution in [2.24, 2.45) is 0 Å². The Morgan fingerprint density at radius 3 is 2.95 bits per heavy atom. The highest BCUT2D eigenvalue weighted by molar-refractivity contribution is 7.16. The second-order valence-electron chi connectivity index (χ2n) is 4.43. The molecule has 0 fully saturated rings. The molecular weight excluding hydrogens is 291 g/mol. The zero-order chi connectivity index (χ0) is 14.2. The van der Waals surface area contributed by atoms with E-state index in [9.17, 15) is 4.39 Å². The van der Waals surface area contributed by atoms with Crippen LogP contribution in [-0.2, 0) is 6.54 Å². The van der Waals surface area contributed by atoms with Gasteiger partial charge in [-0.2, -0.15) is 14.7 Å². The lowest BCUT2D eigenvalue weighted by atomic mass is 10.2. The van der Waals surface area contributed by atoms with Gasteiger partial charge in [0.05, 0.1) is 6.54 Å². The molecule has 4 aromatic rings. The third-order valence-corrected chi connectivity index (χ3v) is 3.86. The van der Waals surface area contributed by atoms with Gasteiger partial charge in [0.15, 0.2) is 5.82 Å². The Morgan fingerprint density at radius 1 is 1.19 bits per heavy atom. The van der Waals surface area contributed by atoms with Crippen molar-refractivity contribution in [2.75, 3.05) is 0 Å². The smallest absolute Gasteiger partial charge is 0.235 e. The van der Waals surface area contributed by atoms with Crippen molar-refractivity contribution >= 4 is 16.3 Å². The fraction of sp³-hybridized carbons (Fsp3) is 0.0769. The summed E-state index contributed by atoms with van der Waals surface area (Å²) in [4.78, 5) is 0.677. The maximum Gasteiger partial charge on any atom is 0.235 e. The molecule has 1 aromatic carbocycles. The third kappa shape index (κ3) is 2.19. The van der Waals surface area contributed by atoms with Gasteiger partial charge in [-0.15, -0.1) is 10.2 Å². The summed E-state index contributed by atoms with van der Waals surface area (Å²) in [7, 11) is 0. The highest BCUT2D eigenvalue weighted by Gasteiger charge is 2.14. The average Bonchev–Trinajstić information content (AvgIpc) is 3.15. The van der Waals surface area contributed by atoms with E-state index < -0.39 is 0 Å². The number of nitrogens with zero attached hydrogens (tertiary/aromatic N) is 6. The van der Waals surface area contributed by atoms with Gasteiger partial charge in [0.25, 0.3) is 0 Å². The Morgan fingerprint density at radius 2 is 2.14 bits per heavy atom. The number of aromatic nitrogens is 6. The molecule has 21 heavy (non-hydrogen) atoms. The van der Waals surface area contributed by atoms with Crippen LogP contribution in [0.2, 0.25) is 0 Å². The molecule has 0 aliphatic rings. The Balaban J connectivity index is 1.76. The molecule has 0 bridgehead atoms. The topological polar surface area (TPSA) is 60.9 Å². The second-order valence-corrected chi connectivity index (χ2v) is 5.47. The minimum atomic E-state index is -0.309. The van der Waals surface area contributed by atoms with Crippen LogP contribution >= 0.6 is 11.3 Å². The van der Waals surface area contributed by atoms with E-state index in [1.165, 1.54) is 23.5 Å². The first-order chi connectivity index (χ1) is 10.3. The first kappa shape index (κ1) is 12.2. The minimum absolute atomic E-state index is 0.309. The van der Waals surface area contributed by atoms with E-state index in [-0.39, 0.29) is 5.82 Å². The summed E-state index contributed by atoms with van der Waals surface area (Å²) in [5.74, 6) is 0.226. The van der Waals surface area contributed by atoms with E-state index in [0.29, 0.717) is 22.9 Å². The molecule has 3 heterocycles. The van der Waals surface area contributed by atoms with Crippen molar-refractivity contribution < 1.29 is 4.39 Å². The van der Waals surface area contributed by atoms with Crippen LogP contribution in [0.1, 0.15) is 5.01 Å². The quantitative estimate of drug-likeness (QED) is 0.582. The lowest BCUT2D eigenvalue weighted by Crippen LogP contribution is -2.00. The second kappa shape index (κ2) is 4.74. The molecule has 0 unspecified atom stereocenters. The largest absolute Gasteiger partial charge is 0.266 e. The van der Waals surface area contributed by atoms with E-state index >= 15 is 0 Å². The van der Waals surface area contributed by atoms with Crippen LogP contribution in [0, 0.1) is 5.82 Å². The predicted molar refractivity (Wildman–Crippen MR) is 75.4 cm³/mol. The summed E-state index contributed by atoms with van der Waals surface area (Å²) >= 11 is 1.44. The molecule has 104 valence electrons. The summed E-state index contributed by atoms with van der Waals surface area (Å²) in [6, 6.07) is 8.10. The lowest BCUT2D eigenvalue weighted by Gasteiger charge is -1.97. The lowest BCUT2D eigenvalue weighted by molar-refractivity contribution is 0.628. The molecule has 0 saturated carbocycles. The van der Waals surface area contributed by atoms with E-state index in [4.69, 9.17) is 0 Å². The van der Waals surface area contributed by atoms with Gasteiger partial charge in [-0.25, -0.2) is 4.39 Å². The van der Waals surface area contributed by atoms with E-state index in [1.807, 2.05) is 12.3 Å². The van der Waals surface area contributed by atoms with Gasteiger partial charge in [-0.1, -0.05) is 23.5 Å². The summed E-state index contributed by atoms with van der Waals surface area (Å²) in [6.45, 7) is 0.573. The molecule has 0 spiro atoms. The molecule has 0 saturated heterocycles. The number of benzene rings is 1. The van der Waals surface area contributed by atoms with E-state index in [1.54, 1.807) is 27.5 Å². The SMILES string of the molecule is Fc1cccc(-c2nnc3sc(Cn4cccn4)nn23)c1. The van der Waals surface area contributed by atoms with Crippen molar-refractivity contribution in [1.29, 1.82) is 0 Å². The monoisotopic (exact) mass is 300 g/mol. The van der Waals surface area contributed by atoms with Crippen LogP contribution in [0.25, 0.3) is 16.3 Å².